The van der Waals surface area contributed by atoms with Crippen LogP contribution in [0, 0.1) is 0 Å². The van der Waals surface area contributed by atoms with Crippen molar-refractivity contribution in [3.05, 3.63) is 18.0 Å². The smallest absolute Gasteiger partial charge is 0.251 e. The highest BCUT2D eigenvalue weighted by Gasteiger charge is 2.24. The molecule has 16 heavy (non-hydrogen) atoms. The van der Waals surface area contributed by atoms with Crippen molar-refractivity contribution >= 4 is 5.91 Å². The molecule has 1 aliphatic heterocycles. The number of ether oxygens (including phenoxy) is 1. The monoisotopic (exact) mass is 223 g/mol. The Morgan fingerprint density at radius 2 is 2.56 bits per heavy atom. The molecule has 88 valence electrons. The van der Waals surface area contributed by atoms with Gasteiger partial charge in [-0.25, -0.2) is 0 Å². The van der Waals surface area contributed by atoms with E-state index in [2.05, 4.69) is 10.2 Å². The van der Waals surface area contributed by atoms with Crippen molar-refractivity contribution in [2.45, 2.75) is 31.9 Å². The summed E-state index contributed by atoms with van der Waals surface area (Å²) >= 11 is 0. The molecular formula is C11H17N3O2. The molecule has 1 amide bonds. The molecule has 1 aliphatic rings. The molecule has 1 aromatic rings. The second-order valence-electron chi connectivity index (χ2n) is 4.16. The van der Waals surface area contributed by atoms with Gasteiger partial charge in [-0.1, -0.05) is 0 Å². The van der Waals surface area contributed by atoms with Gasteiger partial charge in [0.05, 0.1) is 6.20 Å². The summed E-state index contributed by atoms with van der Waals surface area (Å²) in [4.78, 5) is 13.7. The summed E-state index contributed by atoms with van der Waals surface area (Å²) in [5.74, 6) is 0.0703. The van der Waals surface area contributed by atoms with Crippen molar-refractivity contribution in [2.24, 2.45) is 0 Å². The first kappa shape index (κ1) is 11.1. The predicted molar refractivity (Wildman–Crippen MR) is 58.7 cm³/mol. The molecular weight excluding hydrogens is 206 g/mol. The normalized spacial score (nSPS) is 20.7. The van der Waals surface area contributed by atoms with Gasteiger partial charge in [-0.15, -0.1) is 0 Å². The number of rotatable bonds is 3. The zero-order valence-corrected chi connectivity index (χ0v) is 9.48. The molecule has 1 N–H and O–H groups in total. The fraction of sp³-hybridized carbons (Fsp3) is 0.636. The summed E-state index contributed by atoms with van der Waals surface area (Å²) in [6.45, 7) is 1.28. The molecule has 5 nitrogen and oxygen atoms in total. The molecule has 0 bridgehead atoms. The Morgan fingerprint density at radius 1 is 1.69 bits per heavy atom. The quantitative estimate of drug-likeness (QED) is 0.829. The molecule has 1 atom stereocenters. The molecule has 5 heteroatoms. The van der Waals surface area contributed by atoms with Gasteiger partial charge in [-0.2, -0.15) is 5.10 Å². The topological polar surface area (TPSA) is 58.2 Å². The molecule has 0 aliphatic carbocycles. The van der Waals surface area contributed by atoms with E-state index >= 15 is 0 Å². The van der Waals surface area contributed by atoms with Crippen LogP contribution >= 0.6 is 0 Å². The summed E-state index contributed by atoms with van der Waals surface area (Å²) in [6, 6.07) is 0. The van der Waals surface area contributed by atoms with Crippen LogP contribution in [0.4, 0.5) is 0 Å². The van der Waals surface area contributed by atoms with E-state index in [1.165, 1.54) is 0 Å². The van der Waals surface area contributed by atoms with E-state index in [4.69, 9.17) is 4.74 Å². The first-order valence-electron chi connectivity index (χ1n) is 5.61. The van der Waals surface area contributed by atoms with Crippen LogP contribution in [0.25, 0.3) is 0 Å². The van der Waals surface area contributed by atoms with E-state index in [1.54, 1.807) is 24.3 Å². The third-order valence-electron chi connectivity index (χ3n) is 2.81. The number of aromatic nitrogens is 2. The van der Waals surface area contributed by atoms with Gasteiger partial charge in [-0.05, 0) is 19.3 Å². The lowest BCUT2D eigenvalue weighted by Crippen LogP contribution is -2.39. The zero-order valence-electron chi connectivity index (χ0n) is 9.48. The molecule has 0 saturated carbocycles. The van der Waals surface area contributed by atoms with E-state index in [9.17, 15) is 4.79 Å². The zero-order chi connectivity index (χ0) is 11.4. The summed E-state index contributed by atoms with van der Waals surface area (Å²) in [7, 11) is 1.80. The number of hydrogen-bond acceptors (Lipinski definition) is 3. The van der Waals surface area contributed by atoms with Crippen molar-refractivity contribution in [3.63, 3.8) is 0 Å². The predicted octanol–water partition coefficient (Wildman–Crippen LogP) is 0.937. The van der Waals surface area contributed by atoms with Crippen LogP contribution in [-0.4, -0.2) is 40.8 Å². The molecule has 2 rings (SSSR count). The molecule has 0 spiro atoms. The van der Waals surface area contributed by atoms with Crippen molar-refractivity contribution in [1.29, 1.82) is 0 Å². The third kappa shape index (κ3) is 2.61. The van der Waals surface area contributed by atoms with Crippen molar-refractivity contribution in [3.8, 4) is 0 Å². The first-order chi connectivity index (χ1) is 7.77. The van der Waals surface area contributed by atoms with Gasteiger partial charge in [0.1, 0.15) is 6.10 Å². The highest BCUT2D eigenvalue weighted by Crippen LogP contribution is 2.15. The number of carbonyl (C=O) groups is 1. The van der Waals surface area contributed by atoms with Gasteiger partial charge in [0.15, 0.2) is 0 Å². The molecule has 1 fully saturated rings. The number of carbonyl (C=O) groups excluding carboxylic acids is 1. The first-order valence-corrected chi connectivity index (χ1v) is 5.61. The summed E-state index contributed by atoms with van der Waals surface area (Å²) in [5, 5.41) is 6.59. The van der Waals surface area contributed by atoms with Gasteiger partial charge in [0.2, 0.25) is 0 Å². The highest BCUT2D eigenvalue weighted by atomic mass is 16.5. The Labute approximate surface area is 94.8 Å². The number of amides is 1. The highest BCUT2D eigenvalue weighted by molar-refractivity contribution is 5.80. The Balaban J connectivity index is 1.88. The van der Waals surface area contributed by atoms with Gasteiger partial charge in [0, 0.05) is 32.0 Å². The number of nitrogens with zero attached hydrogens (tertiary/aromatic N) is 2. The Kier molecular flexibility index (Phi) is 3.56. The number of likely N-dealkylation sites (N-methyl/N-ethyl adjacent to an activating group) is 1. The number of H-pyrrole nitrogens is 1. The van der Waals surface area contributed by atoms with Crippen LogP contribution in [0.2, 0.25) is 0 Å². The lowest BCUT2D eigenvalue weighted by molar-refractivity contribution is -0.145. The fourth-order valence-corrected chi connectivity index (χ4v) is 1.90. The SMILES string of the molecule is CN(Cc1cn[nH]c1)C(=O)C1CCCCO1. The van der Waals surface area contributed by atoms with Crippen LogP contribution in [0.1, 0.15) is 24.8 Å². The van der Waals surface area contributed by atoms with Crippen molar-refractivity contribution in [1.82, 2.24) is 15.1 Å². The number of hydrogen-bond donors (Lipinski definition) is 1. The Bertz CT molecular complexity index is 331. The van der Waals surface area contributed by atoms with E-state index in [0.29, 0.717) is 13.2 Å². The van der Waals surface area contributed by atoms with Gasteiger partial charge in [0.25, 0.3) is 5.91 Å². The van der Waals surface area contributed by atoms with Crippen LogP contribution in [-0.2, 0) is 16.1 Å². The fourth-order valence-electron chi connectivity index (χ4n) is 1.90. The van der Waals surface area contributed by atoms with Crippen LogP contribution in [0.15, 0.2) is 12.4 Å². The van der Waals surface area contributed by atoms with Gasteiger partial charge in [-0.3, -0.25) is 9.89 Å². The number of aromatic amines is 1. The Morgan fingerprint density at radius 3 is 3.19 bits per heavy atom. The lowest BCUT2D eigenvalue weighted by atomic mass is 10.1. The van der Waals surface area contributed by atoms with Crippen LogP contribution < -0.4 is 0 Å². The summed E-state index contributed by atoms with van der Waals surface area (Å²) < 4.78 is 5.47. The Hall–Kier alpha value is -1.36. The van der Waals surface area contributed by atoms with Gasteiger partial charge >= 0.3 is 0 Å². The average molecular weight is 223 g/mol. The standard InChI is InChI=1S/C11H17N3O2/c1-14(8-9-6-12-13-7-9)11(15)10-4-2-3-5-16-10/h6-7,10H,2-5,8H2,1H3,(H,12,13). The second-order valence-corrected chi connectivity index (χ2v) is 4.16. The van der Waals surface area contributed by atoms with Crippen molar-refractivity contribution in [2.75, 3.05) is 13.7 Å². The lowest BCUT2D eigenvalue weighted by Gasteiger charge is -2.26. The minimum atomic E-state index is -0.245. The molecule has 0 radical (unpaired) electrons. The van der Waals surface area contributed by atoms with E-state index < -0.39 is 0 Å². The third-order valence-corrected chi connectivity index (χ3v) is 2.81. The molecule has 1 aromatic heterocycles. The molecule has 1 unspecified atom stereocenters. The minimum Gasteiger partial charge on any atom is -0.368 e. The maximum Gasteiger partial charge on any atom is 0.251 e. The van der Waals surface area contributed by atoms with E-state index in [1.807, 2.05) is 0 Å². The molecule has 1 saturated heterocycles. The largest absolute Gasteiger partial charge is 0.368 e. The maximum absolute atomic E-state index is 12.0. The van der Waals surface area contributed by atoms with Gasteiger partial charge < -0.3 is 9.64 Å². The van der Waals surface area contributed by atoms with Crippen LogP contribution in [0.5, 0.6) is 0 Å². The van der Waals surface area contributed by atoms with E-state index in [0.717, 1.165) is 24.8 Å². The second kappa shape index (κ2) is 5.12. The van der Waals surface area contributed by atoms with Crippen molar-refractivity contribution < 1.29 is 9.53 Å². The van der Waals surface area contributed by atoms with Crippen LogP contribution in [0.3, 0.4) is 0 Å². The average Bonchev–Trinajstić information content (AvgIpc) is 2.82. The summed E-state index contributed by atoms with van der Waals surface area (Å²) in [6.07, 6.45) is 6.27. The molecule has 0 aromatic carbocycles. The number of nitrogens with one attached hydrogen (secondary N) is 1. The molecule has 2 heterocycles. The minimum absolute atomic E-state index is 0.0703. The summed E-state index contributed by atoms with van der Waals surface area (Å²) in [5.41, 5.74) is 1.01. The maximum atomic E-state index is 12.0. The van der Waals surface area contributed by atoms with E-state index in [-0.39, 0.29) is 12.0 Å².